The second-order valence-corrected chi connectivity index (χ2v) is 4.48. The zero-order valence-electron chi connectivity index (χ0n) is 11.4. The van der Waals surface area contributed by atoms with Gasteiger partial charge >= 0.3 is 0 Å². The molecular weight excluding hydrogens is 268 g/mol. The summed E-state index contributed by atoms with van der Waals surface area (Å²) < 4.78 is 1.86. The molecule has 3 aromatic rings. The first-order valence-electron chi connectivity index (χ1n) is 6.48. The largest absolute Gasteiger partial charge is 0.319 e. The highest BCUT2D eigenvalue weighted by atomic mass is 16.2. The standard InChI is InChI=1S/C14H14N6O/c1-10-17-11-5-2-3-6-12(11)20(10)9-13(21)18-19-14-15-7-4-8-16-14/h2-8H,9H2,1H3,(H,18,21)(H,15,16,19). The third-order valence-electron chi connectivity index (χ3n) is 3.03. The summed E-state index contributed by atoms with van der Waals surface area (Å²) in [7, 11) is 0. The predicted octanol–water partition coefficient (Wildman–Crippen LogP) is 1.28. The van der Waals surface area contributed by atoms with E-state index >= 15 is 0 Å². The molecule has 106 valence electrons. The topological polar surface area (TPSA) is 84.7 Å². The zero-order chi connectivity index (χ0) is 14.7. The van der Waals surface area contributed by atoms with E-state index in [9.17, 15) is 4.79 Å². The SMILES string of the molecule is Cc1nc2ccccc2n1CC(=O)NNc1ncccn1. The molecule has 0 bridgehead atoms. The third kappa shape index (κ3) is 2.81. The van der Waals surface area contributed by atoms with Crippen molar-refractivity contribution in [2.75, 3.05) is 5.43 Å². The Labute approximate surface area is 121 Å². The maximum atomic E-state index is 12.0. The number of aromatic nitrogens is 4. The molecule has 2 N–H and O–H groups in total. The van der Waals surface area contributed by atoms with Crippen LogP contribution >= 0.6 is 0 Å². The van der Waals surface area contributed by atoms with Gasteiger partial charge < -0.3 is 4.57 Å². The third-order valence-corrected chi connectivity index (χ3v) is 3.03. The van der Waals surface area contributed by atoms with Gasteiger partial charge in [-0.3, -0.25) is 15.6 Å². The zero-order valence-corrected chi connectivity index (χ0v) is 11.4. The van der Waals surface area contributed by atoms with E-state index in [2.05, 4.69) is 25.8 Å². The van der Waals surface area contributed by atoms with Crippen molar-refractivity contribution in [1.82, 2.24) is 24.9 Å². The number of rotatable bonds is 4. The molecule has 0 spiro atoms. The van der Waals surface area contributed by atoms with Crippen LogP contribution in [0.1, 0.15) is 5.82 Å². The molecule has 1 amide bonds. The number of fused-ring (bicyclic) bond motifs is 1. The summed E-state index contributed by atoms with van der Waals surface area (Å²) in [6, 6.07) is 9.42. The maximum Gasteiger partial charge on any atom is 0.258 e. The van der Waals surface area contributed by atoms with Gasteiger partial charge in [0.1, 0.15) is 12.4 Å². The van der Waals surface area contributed by atoms with E-state index in [4.69, 9.17) is 0 Å². The molecule has 3 rings (SSSR count). The van der Waals surface area contributed by atoms with E-state index in [1.807, 2.05) is 35.8 Å². The first-order chi connectivity index (χ1) is 10.2. The number of benzene rings is 1. The van der Waals surface area contributed by atoms with Gasteiger partial charge in [-0.15, -0.1) is 0 Å². The van der Waals surface area contributed by atoms with Crippen molar-refractivity contribution in [1.29, 1.82) is 0 Å². The molecule has 0 aliphatic carbocycles. The molecule has 2 aromatic heterocycles. The second-order valence-electron chi connectivity index (χ2n) is 4.48. The molecule has 0 aliphatic rings. The van der Waals surface area contributed by atoms with Crippen LogP contribution in [-0.2, 0) is 11.3 Å². The van der Waals surface area contributed by atoms with E-state index in [0.717, 1.165) is 16.9 Å². The summed E-state index contributed by atoms with van der Waals surface area (Å²) in [5.74, 6) is 0.939. The predicted molar refractivity (Wildman–Crippen MR) is 78.3 cm³/mol. The fourth-order valence-electron chi connectivity index (χ4n) is 2.07. The van der Waals surface area contributed by atoms with Crippen molar-refractivity contribution >= 4 is 22.9 Å². The molecule has 0 atom stereocenters. The number of nitrogens with zero attached hydrogens (tertiary/aromatic N) is 4. The summed E-state index contributed by atoms with van der Waals surface area (Å²) in [4.78, 5) is 24.3. The van der Waals surface area contributed by atoms with E-state index in [-0.39, 0.29) is 12.5 Å². The number of hydrazine groups is 1. The number of anilines is 1. The van der Waals surface area contributed by atoms with Crippen molar-refractivity contribution in [2.24, 2.45) is 0 Å². The molecule has 7 heteroatoms. The first kappa shape index (κ1) is 13.0. The highest BCUT2D eigenvalue weighted by Gasteiger charge is 2.10. The minimum absolute atomic E-state index is 0.173. The minimum atomic E-state index is -0.200. The average Bonchev–Trinajstić information content (AvgIpc) is 2.82. The van der Waals surface area contributed by atoms with Crippen LogP contribution in [0.3, 0.4) is 0 Å². The van der Waals surface area contributed by atoms with E-state index in [1.54, 1.807) is 18.5 Å². The summed E-state index contributed by atoms with van der Waals surface area (Å²) in [6.45, 7) is 2.05. The summed E-state index contributed by atoms with van der Waals surface area (Å²) >= 11 is 0. The monoisotopic (exact) mass is 282 g/mol. The Morgan fingerprint density at radius 1 is 1.19 bits per heavy atom. The molecular formula is C14H14N6O. The van der Waals surface area contributed by atoms with Gasteiger partial charge in [-0.05, 0) is 25.1 Å². The van der Waals surface area contributed by atoms with Crippen LogP contribution in [-0.4, -0.2) is 25.4 Å². The lowest BCUT2D eigenvalue weighted by Crippen LogP contribution is -2.33. The maximum absolute atomic E-state index is 12.0. The highest BCUT2D eigenvalue weighted by molar-refractivity contribution is 5.81. The number of amides is 1. The minimum Gasteiger partial charge on any atom is -0.319 e. The average molecular weight is 282 g/mol. The van der Waals surface area contributed by atoms with Crippen LogP contribution in [0, 0.1) is 6.92 Å². The Bertz CT molecular complexity index is 767. The number of para-hydroxylation sites is 2. The van der Waals surface area contributed by atoms with Crippen molar-refractivity contribution < 1.29 is 4.79 Å². The quantitative estimate of drug-likeness (QED) is 0.704. The first-order valence-corrected chi connectivity index (χ1v) is 6.48. The molecule has 21 heavy (non-hydrogen) atoms. The molecule has 0 saturated carbocycles. The fourth-order valence-corrected chi connectivity index (χ4v) is 2.07. The Morgan fingerprint density at radius 2 is 1.95 bits per heavy atom. The lowest BCUT2D eigenvalue weighted by molar-refractivity contribution is -0.121. The van der Waals surface area contributed by atoms with Crippen molar-refractivity contribution in [3.8, 4) is 0 Å². The summed E-state index contributed by atoms with van der Waals surface area (Å²) in [5, 5.41) is 0. The van der Waals surface area contributed by atoms with Crippen LogP contribution in [0.5, 0.6) is 0 Å². The second kappa shape index (κ2) is 5.58. The van der Waals surface area contributed by atoms with Crippen LogP contribution in [0.4, 0.5) is 5.95 Å². The van der Waals surface area contributed by atoms with Gasteiger partial charge in [0.05, 0.1) is 11.0 Å². The van der Waals surface area contributed by atoms with E-state index in [1.165, 1.54) is 0 Å². The molecule has 1 aromatic carbocycles. The Hall–Kier alpha value is -2.96. The molecule has 0 aliphatic heterocycles. The number of carbonyl (C=O) groups excluding carboxylic acids is 1. The Kier molecular flexibility index (Phi) is 3.46. The van der Waals surface area contributed by atoms with Gasteiger partial charge in [0.25, 0.3) is 5.91 Å². The molecule has 0 radical (unpaired) electrons. The van der Waals surface area contributed by atoms with Gasteiger partial charge in [0.15, 0.2) is 0 Å². The lowest BCUT2D eigenvalue weighted by atomic mass is 10.3. The van der Waals surface area contributed by atoms with Crippen LogP contribution < -0.4 is 10.9 Å². The molecule has 0 saturated heterocycles. The van der Waals surface area contributed by atoms with Crippen molar-refractivity contribution in [3.63, 3.8) is 0 Å². The van der Waals surface area contributed by atoms with Crippen LogP contribution in [0.15, 0.2) is 42.7 Å². The molecule has 2 heterocycles. The lowest BCUT2D eigenvalue weighted by Gasteiger charge is -2.09. The fraction of sp³-hybridized carbons (Fsp3) is 0.143. The van der Waals surface area contributed by atoms with Crippen LogP contribution in [0.2, 0.25) is 0 Å². The number of hydrogen-bond acceptors (Lipinski definition) is 5. The summed E-state index contributed by atoms with van der Waals surface area (Å²) in [5.41, 5.74) is 7.04. The smallest absolute Gasteiger partial charge is 0.258 e. The number of carbonyl (C=O) groups is 1. The molecule has 0 fully saturated rings. The van der Waals surface area contributed by atoms with E-state index in [0.29, 0.717) is 5.95 Å². The summed E-state index contributed by atoms with van der Waals surface area (Å²) in [6.07, 6.45) is 3.18. The van der Waals surface area contributed by atoms with Crippen LogP contribution in [0.25, 0.3) is 11.0 Å². The van der Waals surface area contributed by atoms with Gasteiger partial charge in [-0.2, -0.15) is 0 Å². The Balaban J connectivity index is 1.70. The number of hydrogen-bond donors (Lipinski definition) is 2. The highest BCUT2D eigenvalue weighted by Crippen LogP contribution is 2.14. The van der Waals surface area contributed by atoms with Gasteiger partial charge in [-0.25, -0.2) is 15.0 Å². The van der Waals surface area contributed by atoms with Gasteiger partial charge in [0.2, 0.25) is 5.95 Å². The Morgan fingerprint density at radius 3 is 2.76 bits per heavy atom. The molecule has 0 unspecified atom stereocenters. The van der Waals surface area contributed by atoms with Gasteiger partial charge in [-0.1, -0.05) is 12.1 Å². The number of imidazole rings is 1. The van der Waals surface area contributed by atoms with Crippen molar-refractivity contribution in [3.05, 3.63) is 48.5 Å². The number of nitrogens with one attached hydrogen (secondary N) is 2. The van der Waals surface area contributed by atoms with Crippen molar-refractivity contribution in [2.45, 2.75) is 13.5 Å². The van der Waals surface area contributed by atoms with E-state index < -0.39 is 0 Å². The normalized spacial score (nSPS) is 10.5. The number of aryl methyl sites for hydroxylation is 1. The molecule has 7 nitrogen and oxygen atoms in total. The van der Waals surface area contributed by atoms with Gasteiger partial charge in [0, 0.05) is 12.4 Å².